The zero-order chi connectivity index (χ0) is 23.5. The first-order chi connectivity index (χ1) is 16.0. The van der Waals surface area contributed by atoms with E-state index in [9.17, 15) is 9.59 Å². The fourth-order valence-electron chi connectivity index (χ4n) is 2.98. The van der Waals surface area contributed by atoms with Crippen molar-refractivity contribution in [3.05, 3.63) is 66.2 Å². The second kappa shape index (κ2) is 12.0. The van der Waals surface area contributed by atoms with Gasteiger partial charge in [-0.05, 0) is 24.3 Å². The van der Waals surface area contributed by atoms with E-state index in [0.717, 1.165) is 5.56 Å². The van der Waals surface area contributed by atoms with Crippen LogP contribution in [0.4, 0.5) is 11.6 Å². The summed E-state index contributed by atoms with van der Waals surface area (Å²) >= 11 is 0. The van der Waals surface area contributed by atoms with E-state index in [1.807, 2.05) is 30.3 Å². The molecule has 0 aliphatic rings. The summed E-state index contributed by atoms with van der Waals surface area (Å²) in [6.07, 6.45) is 0. The number of rotatable bonds is 11. The van der Waals surface area contributed by atoms with Gasteiger partial charge in [0, 0.05) is 50.3 Å². The lowest BCUT2D eigenvalue weighted by Crippen LogP contribution is -2.29. The molecule has 0 fully saturated rings. The summed E-state index contributed by atoms with van der Waals surface area (Å²) in [4.78, 5) is 32.5. The topological polar surface area (TPSA) is 117 Å². The summed E-state index contributed by atoms with van der Waals surface area (Å²) in [7, 11) is 1.58. The van der Waals surface area contributed by atoms with Crippen LogP contribution >= 0.6 is 0 Å². The Balaban J connectivity index is 1.59. The van der Waals surface area contributed by atoms with Crippen LogP contribution in [0.15, 0.2) is 60.7 Å². The maximum absolute atomic E-state index is 12.3. The number of amides is 2. The molecule has 1 aromatic heterocycles. The van der Waals surface area contributed by atoms with E-state index < -0.39 is 0 Å². The third-order valence-corrected chi connectivity index (χ3v) is 4.63. The molecule has 0 spiro atoms. The summed E-state index contributed by atoms with van der Waals surface area (Å²) in [5.74, 6) is 2.30. The maximum Gasteiger partial charge on any atom is 0.251 e. The van der Waals surface area contributed by atoms with Crippen molar-refractivity contribution in [2.75, 3.05) is 43.9 Å². The lowest BCUT2D eigenvalue weighted by Gasteiger charge is -2.12. The Kier molecular flexibility index (Phi) is 8.58. The number of methoxy groups -OCH3 is 1. The number of benzene rings is 2. The molecule has 0 bridgehead atoms. The monoisotopic (exact) mass is 448 g/mol. The van der Waals surface area contributed by atoms with E-state index >= 15 is 0 Å². The molecule has 9 heteroatoms. The summed E-state index contributed by atoms with van der Waals surface area (Å²) in [5, 5.41) is 12.1. The molecule has 2 amide bonds. The lowest BCUT2D eigenvalue weighted by molar-refractivity contribution is -0.118. The first-order valence-corrected chi connectivity index (χ1v) is 10.6. The van der Waals surface area contributed by atoms with Gasteiger partial charge in [-0.15, -0.1) is 0 Å². The Morgan fingerprint density at radius 3 is 2.00 bits per heavy atom. The number of nitrogens with one attached hydrogen (secondary N) is 4. The second-order valence-corrected chi connectivity index (χ2v) is 7.15. The Labute approximate surface area is 193 Å². The largest absolute Gasteiger partial charge is 0.497 e. The quantitative estimate of drug-likeness (QED) is 0.333. The summed E-state index contributed by atoms with van der Waals surface area (Å²) in [6, 6.07) is 18.4. The fraction of sp³-hybridized carbons (Fsp3) is 0.250. The van der Waals surface area contributed by atoms with Gasteiger partial charge in [-0.25, -0.2) is 9.97 Å². The minimum atomic E-state index is -0.160. The Bertz CT molecular complexity index is 1060. The number of carbonyl (C=O) groups is 2. The molecular weight excluding hydrogens is 420 g/mol. The molecule has 0 aliphatic heterocycles. The molecule has 0 saturated carbocycles. The normalized spacial score (nSPS) is 10.2. The van der Waals surface area contributed by atoms with Crippen LogP contribution in [-0.4, -0.2) is 55.1 Å². The first-order valence-electron chi connectivity index (χ1n) is 10.6. The third-order valence-electron chi connectivity index (χ3n) is 4.63. The number of hydrogen-bond acceptors (Lipinski definition) is 7. The van der Waals surface area contributed by atoms with Crippen molar-refractivity contribution in [2.45, 2.75) is 6.92 Å². The van der Waals surface area contributed by atoms with Gasteiger partial charge in [0.05, 0.1) is 7.11 Å². The van der Waals surface area contributed by atoms with Gasteiger partial charge in [-0.1, -0.05) is 30.3 Å². The minimum Gasteiger partial charge on any atom is -0.497 e. The van der Waals surface area contributed by atoms with Gasteiger partial charge >= 0.3 is 0 Å². The highest BCUT2D eigenvalue weighted by atomic mass is 16.5. The van der Waals surface area contributed by atoms with E-state index in [-0.39, 0.29) is 11.8 Å². The van der Waals surface area contributed by atoms with Crippen molar-refractivity contribution < 1.29 is 14.3 Å². The van der Waals surface area contributed by atoms with Gasteiger partial charge in [0.25, 0.3) is 5.91 Å². The van der Waals surface area contributed by atoms with Crippen molar-refractivity contribution in [1.29, 1.82) is 0 Å². The Hall–Kier alpha value is -4.14. The van der Waals surface area contributed by atoms with E-state index in [2.05, 4.69) is 31.2 Å². The van der Waals surface area contributed by atoms with E-state index in [1.54, 1.807) is 37.4 Å². The van der Waals surface area contributed by atoms with Crippen molar-refractivity contribution in [3.63, 3.8) is 0 Å². The SMILES string of the molecule is COc1ccc(C(=O)NCCNc2cc(NCCNC(C)=O)nc(-c3ccccc3)n2)cc1. The first kappa shape index (κ1) is 23.5. The van der Waals surface area contributed by atoms with Gasteiger partial charge < -0.3 is 26.0 Å². The molecule has 3 aromatic rings. The van der Waals surface area contributed by atoms with E-state index in [4.69, 9.17) is 4.74 Å². The molecular formula is C24H28N6O3. The molecule has 0 aliphatic carbocycles. The highest BCUT2D eigenvalue weighted by Crippen LogP contribution is 2.20. The molecule has 9 nitrogen and oxygen atoms in total. The predicted octanol–water partition coefficient (Wildman–Crippen LogP) is 2.54. The van der Waals surface area contributed by atoms with Crippen LogP contribution < -0.4 is 26.0 Å². The fourth-order valence-corrected chi connectivity index (χ4v) is 2.98. The average Bonchev–Trinajstić information content (AvgIpc) is 2.85. The van der Waals surface area contributed by atoms with Gasteiger partial charge in [-0.3, -0.25) is 9.59 Å². The maximum atomic E-state index is 12.3. The highest BCUT2D eigenvalue weighted by molar-refractivity contribution is 5.94. The van der Waals surface area contributed by atoms with Crippen LogP contribution in [0.5, 0.6) is 5.75 Å². The standard InChI is InChI=1S/C24H28N6O3/c1-17(31)25-12-13-26-21-16-22(30-23(29-21)18-6-4-3-5-7-18)27-14-15-28-24(32)19-8-10-20(33-2)11-9-19/h3-11,16H,12-15H2,1-2H3,(H,25,31)(H,28,32)(H2,26,27,29,30). The van der Waals surface area contributed by atoms with Crippen molar-refractivity contribution in [1.82, 2.24) is 20.6 Å². The molecule has 172 valence electrons. The van der Waals surface area contributed by atoms with Gasteiger partial charge in [0.1, 0.15) is 17.4 Å². The van der Waals surface area contributed by atoms with Gasteiger partial charge in [-0.2, -0.15) is 0 Å². The van der Waals surface area contributed by atoms with Crippen molar-refractivity contribution in [2.24, 2.45) is 0 Å². The smallest absolute Gasteiger partial charge is 0.251 e. The van der Waals surface area contributed by atoms with Crippen LogP contribution in [0.25, 0.3) is 11.4 Å². The van der Waals surface area contributed by atoms with Crippen molar-refractivity contribution >= 4 is 23.5 Å². The Morgan fingerprint density at radius 2 is 1.42 bits per heavy atom. The predicted molar refractivity (Wildman–Crippen MR) is 128 cm³/mol. The number of aromatic nitrogens is 2. The zero-order valence-corrected chi connectivity index (χ0v) is 18.7. The van der Waals surface area contributed by atoms with Crippen LogP contribution in [0.1, 0.15) is 17.3 Å². The van der Waals surface area contributed by atoms with E-state index in [0.29, 0.717) is 55.0 Å². The third kappa shape index (κ3) is 7.49. The average molecular weight is 449 g/mol. The zero-order valence-electron chi connectivity index (χ0n) is 18.7. The minimum absolute atomic E-state index is 0.0801. The lowest BCUT2D eigenvalue weighted by atomic mass is 10.2. The second-order valence-electron chi connectivity index (χ2n) is 7.15. The van der Waals surface area contributed by atoms with Crippen LogP contribution in [0.3, 0.4) is 0 Å². The van der Waals surface area contributed by atoms with Crippen LogP contribution in [0, 0.1) is 0 Å². The van der Waals surface area contributed by atoms with Gasteiger partial charge in [0.15, 0.2) is 5.82 Å². The Morgan fingerprint density at radius 1 is 0.818 bits per heavy atom. The highest BCUT2D eigenvalue weighted by Gasteiger charge is 2.08. The number of hydrogen-bond donors (Lipinski definition) is 4. The molecule has 0 unspecified atom stereocenters. The summed E-state index contributed by atoms with van der Waals surface area (Å²) in [5.41, 5.74) is 1.45. The number of ether oxygens (including phenoxy) is 1. The molecule has 0 radical (unpaired) electrons. The van der Waals surface area contributed by atoms with E-state index in [1.165, 1.54) is 6.92 Å². The van der Waals surface area contributed by atoms with Crippen molar-refractivity contribution in [3.8, 4) is 17.1 Å². The molecule has 4 N–H and O–H groups in total. The molecule has 0 saturated heterocycles. The molecule has 3 rings (SSSR count). The molecule has 33 heavy (non-hydrogen) atoms. The molecule has 1 heterocycles. The summed E-state index contributed by atoms with van der Waals surface area (Å²) in [6.45, 7) is 3.40. The number of anilines is 2. The molecule has 0 atom stereocenters. The van der Waals surface area contributed by atoms with Crippen LogP contribution in [0.2, 0.25) is 0 Å². The molecule has 2 aromatic carbocycles. The van der Waals surface area contributed by atoms with Gasteiger partial charge in [0.2, 0.25) is 5.91 Å². The van der Waals surface area contributed by atoms with Crippen LogP contribution in [-0.2, 0) is 4.79 Å². The number of nitrogens with zero attached hydrogens (tertiary/aromatic N) is 2. The number of carbonyl (C=O) groups excluding carboxylic acids is 2. The summed E-state index contributed by atoms with van der Waals surface area (Å²) < 4.78 is 5.11.